The molecule has 4 aliphatic carbocycles. The van der Waals surface area contributed by atoms with Gasteiger partial charge >= 0.3 is 0 Å². The molecular formula is C27H34ClFN+. The molecule has 0 saturated heterocycles. The molecule has 1 nitrogen and oxygen atoms in total. The van der Waals surface area contributed by atoms with Crippen LogP contribution in [-0.2, 0) is 11.8 Å². The fraction of sp³-hybridized carbons (Fsp3) is 0.556. The van der Waals surface area contributed by atoms with Gasteiger partial charge in [0.1, 0.15) is 5.82 Å². The normalized spacial score (nSPS) is 34.1. The van der Waals surface area contributed by atoms with Crippen LogP contribution in [0, 0.1) is 23.1 Å². The standard InChI is InChI=1S/C27H33ClFN/c1-18(11-22-5-3-4-6-25(22)29)30-19(2)26-13-20-12-21(14-26)16-27(15-20,17-26)23-7-9-24(28)10-8-23/h3-10,18-21,30H,11-17H2,1-2H3/p+1/t18-,19+,20-,21+,26?,27?/m1/s1. The van der Waals surface area contributed by atoms with E-state index >= 15 is 0 Å². The van der Waals surface area contributed by atoms with Crippen molar-refractivity contribution < 1.29 is 9.71 Å². The van der Waals surface area contributed by atoms with Crippen molar-refractivity contribution in [1.29, 1.82) is 0 Å². The topological polar surface area (TPSA) is 16.6 Å². The predicted molar refractivity (Wildman–Crippen MR) is 121 cm³/mol. The molecule has 0 aliphatic heterocycles. The zero-order chi connectivity index (χ0) is 20.9. The van der Waals surface area contributed by atoms with Crippen molar-refractivity contribution >= 4 is 11.6 Å². The Balaban J connectivity index is 1.36. The first-order chi connectivity index (χ1) is 14.4. The Hall–Kier alpha value is -1.38. The molecule has 4 fully saturated rings. The van der Waals surface area contributed by atoms with Crippen LogP contribution in [0.15, 0.2) is 48.5 Å². The molecule has 2 unspecified atom stereocenters. The molecule has 6 atom stereocenters. The van der Waals surface area contributed by atoms with Gasteiger partial charge in [-0.25, -0.2) is 4.39 Å². The SMILES string of the molecule is C[C@H](Cc1ccccc1F)[NH2+][C@@H](C)C12C[C@@H]3C[C@@H](CC(c4ccc(Cl)cc4)(C3)C1)C2. The van der Waals surface area contributed by atoms with E-state index in [0.29, 0.717) is 22.9 Å². The first-order valence-corrected chi connectivity index (χ1v) is 12.1. The summed E-state index contributed by atoms with van der Waals surface area (Å²) in [5.41, 5.74) is 3.10. The molecule has 0 aromatic heterocycles. The Labute approximate surface area is 185 Å². The molecule has 3 heteroatoms. The molecule has 30 heavy (non-hydrogen) atoms. The molecule has 2 aromatic rings. The van der Waals surface area contributed by atoms with Crippen LogP contribution in [0.5, 0.6) is 0 Å². The minimum absolute atomic E-state index is 0.0677. The van der Waals surface area contributed by atoms with Gasteiger partial charge in [-0.2, -0.15) is 0 Å². The number of nitrogens with two attached hydrogens (primary N) is 1. The smallest absolute Gasteiger partial charge is 0.126 e. The van der Waals surface area contributed by atoms with Crippen molar-refractivity contribution in [3.8, 4) is 0 Å². The third kappa shape index (κ3) is 3.60. The third-order valence-electron chi connectivity index (χ3n) is 8.65. The quantitative estimate of drug-likeness (QED) is 0.592. The van der Waals surface area contributed by atoms with Crippen molar-refractivity contribution in [2.24, 2.45) is 17.3 Å². The van der Waals surface area contributed by atoms with Gasteiger partial charge in [-0.3, -0.25) is 0 Å². The zero-order valence-corrected chi connectivity index (χ0v) is 19.0. The molecule has 2 aromatic carbocycles. The molecule has 4 saturated carbocycles. The van der Waals surface area contributed by atoms with E-state index in [1.54, 1.807) is 12.1 Å². The third-order valence-corrected chi connectivity index (χ3v) is 8.90. The molecule has 4 aliphatic rings. The Morgan fingerprint density at radius 1 is 1.00 bits per heavy atom. The first-order valence-electron chi connectivity index (χ1n) is 11.7. The van der Waals surface area contributed by atoms with Gasteiger partial charge in [-0.15, -0.1) is 0 Å². The van der Waals surface area contributed by atoms with E-state index in [-0.39, 0.29) is 5.82 Å². The van der Waals surface area contributed by atoms with Crippen LogP contribution < -0.4 is 5.32 Å². The summed E-state index contributed by atoms with van der Waals surface area (Å²) in [4.78, 5) is 0. The van der Waals surface area contributed by atoms with Gasteiger partial charge in [-0.1, -0.05) is 41.9 Å². The van der Waals surface area contributed by atoms with E-state index < -0.39 is 0 Å². The van der Waals surface area contributed by atoms with E-state index in [1.165, 1.54) is 44.1 Å². The molecule has 0 radical (unpaired) electrons. The van der Waals surface area contributed by atoms with Gasteiger partial charge in [0.15, 0.2) is 0 Å². The van der Waals surface area contributed by atoms with Crippen LogP contribution in [0.1, 0.15) is 63.5 Å². The monoisotopic (exact) mass is 426 g/mol. The van der Waals surface area contributed by atoms with Crippen molar-refractivity contribution in [2.75, 3.05) is 0 Å². The molecule has 160 valence electrons. The summed E-state index contributed by atoms with van der Waals surface area (Å²) < 4.78 is 14.1. The van der Waals surface area contributed by atoms with E-state index in [0.717, 1.165) is 28.8 Å². The highest BCUT2D eigenvalue weighted by Crippen LogP contribution is 2.66. The number of rotatable bonds is 6. The molecular weight excluding hydrogens is 393 g/mol. The zero-order valence-electron chi connectivity index (χ0n) is 18.2. The maximum absolute atomic E-state index is 14.1. The van der Waals surface area contributed by atoms with Gasteiger partial charge in [0.2, 0.25) is 0 Å². The number of hydrogen-bond acceptors (Lipinski definition) is 0. The lowest BCUT2D eigenvalue weighted by molar-refractivity contribution is -0.730. The van der Waals surface area contributed by atoms with E-state index in [4.69, 9.17) is 11.6 Å². The van der Waals surface area contributed by atoms with Gasteiger partial charge < -0.3 is 5.32 Å². The largest absolute Gasteiger partial charge is 0.341 e. The maximum atomic E-state index is 14.1. The van der Waals surface area contributed by atoms with Gasteiger partial charge in [0, 0.05) is 16.9 Å². The summed E-state index contributed by atoms with van der Waals surface area (Å²) in [6.45, 7) is 4.71. The fourth-order valence-corrected chi connectivity index (χ4v) is 7.91. The van der Waals surface area contributed by atoms with Crippen molar-refractivity contribution in [2.45, 2.75) is 76.3 Å². The Morgan fingerprint density at radius 2 is 1.67 bits per heavy atom. The average Bonchev–Trinajstić information content (AvgIpc) is 2.69. The number of benzene rings is 2. The minimum Gasteiger partial charge on any atom is -0.341 e. The van der Waals surface area contributed by atoms with E-state index in [9.17, 15) is 4.39 Å². The minimum atomic E-state index is -0.0677. The Morgan fingerprint density at radius 3 is 2.33 bits per heavy atom. The number of hydrogen-bond donors (Lipinski definition) is 1. The van der Waals surface area contributed by atoms with Gasteiger partial charge in [0.25, 0.3) is 0 Å². The van der Waals surface area contributed by atoms with Crippen molar-refractivity contribution in [3.63, 3.8) is 0 Å². The van der Waals surface area contributed by atoms with E-state index in [2.05, 4.69) is 43.4 Å². The first kappa shape index (κ1) is 20.5. The van der Waals surface area contributed by atoms with Gasteiger partial charge in [0.05, 0.1) is 12.1 Å². The van der Waals surface area contributed by atoms with Crippen LogP contribution in [0.4, 0.5) is 4.39 Å². The molecule has 0 heterocycles. The Kier molecular flexibility index (Phi) is 5.22. The maximum Gasteiger partial charge on any atom is 0.126 e. The highest BCUT2D eigenvalue weighted by Gasteiger charge is 2.60. The summed E-state index contributed by atoms with van der Waals surface area (Å²) in [5.74, 6) is 1.65. The lowest BCUT2D eigenvalue weighted by Gasteiger charge is -2.63. The van der Waals surface area contributed by atoms with Crippen LogP contribution >= 0.6 is 11.6 Å². The second kappa shape index (κ2) is 7.64. The van der Waals surface area contributed by atoms with Crippen LogP contribution in [-0.4, -0.2) is 12.1 Å². The molecule has 2 N–H and O–H groups in total. The highest BCUT2D eigenvalue weighted by atomic mass is 35.5. The van der Waals surface area contributed by atoms with Gasteiger partial charge in [-0.05, 0) is 98.9 Å². The number of halogens is 2. The summed E-state index contributed by atoms with van der Waals surface area (Å²) in [7, 11) is 0. The Bertz CT molecular complexity index is 893. The summed E-state index contributed by atoms with van der Waals surface area (Å²) in [5, 5.41) is 3.39. The van der Waals surface area contributed by atoms with Crippen LogP contribution in [0.3, 0.4) is 0 Å². The van der Waals surface area contributed by atoms with Crippen molar-refractivity contribution in [1.82, 2.24) is 0 Å². The second-order valence-corrected chi connectivity index (χ2v) is 11.3. The highest BCUT2D eigenvalue weighted by molar-refractivity contribution is 6.30. The molecule has 4 bridgehead atoms. The summed E-state index contributed by atoms with van der Waals surface area (Å²) >= 11 is 6.20. The van der Waals surface area contributed by atoms with E-state index in [1.807, 2.05) is 12.1 Å². The summed E-state index contributed by atoms with van der Waals surface area (Å²) in [6, 6.07) is 16.9. The lowest BCUT2D eigenvalue weighted by Crippen LogP contribution is -2.97. The average molecular weight is 427 g/mol. The molecule has 0 amide bonds. The summed E-state index contributed by atoms with van der Waals surface area (Å²) in [6.07, 6.45) is 8.98. The van der Waals surface area contributed by atoms with Crippen LogP contribution in [0.2, 0.25) is 5.02 Å². The molecule has 6 rings (SSSR count). The lowest BCUT2D eigenvalue weighted by atomic mass is 9.41. The number of quaternary nitrogens is 1. The van der Waals surface area contributed by atoms with Crippen molar-refractivity contribution in [3.05, 3.63) is 70.5 Å². The second-order valence-electron chi connectivity index (χ2n) is 10.9. The van der Waals surface area contributed by atoms with Crippen LogP contribution in [0.25, 0.3) is 0 Å². The predicted octanol–water partition coefficient (Wildman–Crippen LogP) is 5.90. The fourth-order valence-electron chi connectivity index (χ4n) is 7.78. The molecule has 0 spiro atoms.